The Hall–Kier alpha value is -1.74. The molecule has 0 aliphatic carbocycles. The average Bonchev–Trinajstić information content (AvgIpc) is 3.03. The first-order valence-corrected chi connectivity index (χ1v) is 9.04. The van der Waals surface area contributed by atoms with Gasteiger partial charge in [0, 0.05) is 6.04 Å². The van der Waals surface area contributed by atoms with E-state index in [9.17, 15) is 13.2 Å². The Kier molecular flexibility index (Phi) is 3.77. The minimum Gasteiger partial charge on any atom is -0.467 e. The highest BCUT2D eigenvalue weighted by Gasteiger charge is 2.28. The Morgan fingerprint density at radius 2 is 2.33 bits per heavy atom. The van der Waals surface area contributed by atoms with Crippen LogP contribution >= 0.6 is 11.3 Å². The maximum Gasteiger partial charge on any atom is 0.258 e. The summed E-state index contributed by atoms with van der Waals surface area (Å²) in [5.41, 5.74) is 0. The summed E-state index contributed by atoms with van der Waals surface area (Å²) in [4.78, 5) is 20.7. The normalized spacial score (nSPS) is 20.5. The van der Waals surface area contributed by atoms with E-state index in [4.69, 9.17) is 4.74 Å². The van der Waals surface area contributed by atoms with Crippen LogP contribution in [-0.4, -0.2) is 48.4 Å². The van der Waals surface area contributed by atoms with Gasteiger partial charge in [0.2, 0.25) is 5.88 Å². The first kappa shape index (κ1) is 14.2. The number of hydrogen-bond donors (Lipinski definition) is 1. The van der Waals surface area contributed by atoms with Crippen molar-refractivity contribution in [3.63, 3.8) is 0 Å². The summed E-state index contributed by atoms with van der Waals surface area (Å²) < 4.78 is 28.0. The van der Waals surface area contributed by atoms with E-state index >= 15 is 0 Å². The minimum atomic E-state index is -3.00. The Bertz CT molecular complexity index is 772. The zero-order valence-corrected chi connectivity index (χ0v) is 12.6. The van der Waals surface area contributed by atoms with Crippen LogP contribution in [0.2, 0.25) is 0 Å². The van der Waals surface area contributed by atoms with Crippen LogP contribution in [0.3, 0.4) is 0 Å². The fraction of sp³-hybridized carbons (Fsp3) is 0.417. The fourth-order valence-electron chi connectivity index (χ4n) is 2.19. The summed E-state index contributed by atoms with van der Waals surface area (Å²) in [6, 6.07) is 1.51. The van der Waals surface area contributed by atoms with Gasteiger partial charge in [0.15, 0.2) is 16.4 Å². The van der Waals surface area contributed by atoms with Crippen LogP contribution in [0.1, 0.15) is 6.42 Å². The van der Waals surface area contributed by atoms with Crippen LogP contribution in [0.25, 0.3) is 10.2 Å². The number of carbonyl (C=O) groups excluding carboxylic acids is 1. The van der Waals surface area contributed by atoms with Gasteiger partial charge >= 0.3 is 0 Å². The van der Waals surface area contributed by atoms with E-state index in [0.717, 1.165) is 10.2 Å². The third kappa shape index (κ3) is 3.30. The fourth-order valence-corrected chi connectivity index (χ4v) is 4.59. The lowest BCUT2D eigenvalue weighted by Crippen LogP contribution is -2.38. The SMILES string of the molecule is O=C(COc1ncnc2sccc12)N[C@H]1CCS(=O)(=O)C1. The molecule has 0 radical (unpaired) electrons. The van der Waals surface area contributed by atoms with Crippen molar-refractivity contribution < 1.29 is 17.9 Å². The minimum absolute atomic E-state index is 0.00101. The second kappa shape index (κ2) is 5.57. The van der Waals surface area contributed by atoms with E-state index in [1.807, 2.05) is 11.4 Å². The van der Waals surface area contributed by atoms with Crippen molar-refractivity contribution >= 4 is 37.3 Å². The van der Waals surface area contributed by atoms with E-state index in [1.54, 1.807) is 0 Å². The van der Waals surface area contributed by atoms with E-state index in [0.29, 0.717) is 12.3 Å². The Labute approximate surface area is 125 Å². The molecule has 1 N–H and O–H groups in total. The van der Waals surface area contributed by atoms with Gasteiger partial charge < -0.3 is 10.1 Å². The number of nitrogens with zero attached hydrogens (tertiary/aromatic N) is 2. The molecule has 9 heteroatoms. The maximum absolute atomic E-state index is 11.8. The molecule has 3 heterocycles. The molecule has 2 aromatic heterocycles. The molecule has 0 unspecified atom stereocenters. The van der Waals surface area contributed by atoms with Crippen molar-refractivity contribution in [2.75, 3.05) is 18.1 Å². The summed E-state index contributed by atoms with van der Waals surface area (Å²) in [5, 5.41) is 5.30. The zero-order chi connectivity index (χ0) is 14.9. The lowest BCUT2D eigenvalue weighted by atomic mass is 10.2. The summed E-state index contributed by atoms with van der Waals surface area (Å²) >= 11 is 1.46. The van der Waals surface area contributed by atoms with Gasteiger partial charge in [-0.25, -0.2) is 18.4 Å². The molecule has 1 fully saturated rings. The first-order valence-electron chi connectivity index (χ1n) is 6.34. The lowest BCUT2D eigenvalue weighted by Gasteiger charge is -2.11. The maximum atomic E-state index is 11.8. The number of rotatable bonds is 4. The smallest absolute Gasteiger partial charge is 0.258 e. The largest absolute Gasteiger partial charge is 0.467 e. The van der Waals surface area contributed by atoms with Gasteiger partial charge in [-0.2, -0.15) is 0 Å². The summed E-state index contributed by atoms with van der Waals surface area (Å²) in [6.45, 7) is -0.196. The van der Waals surface area contributed by atoms with Crippen LogP contribution in [0.15, 0.2) is 17.8 Å². The molecule has 1 atom stereocenters. The molecule has 0 spiro atoms. The van der Waals surface area contributed by atoms with Crippen molar-refractivity contribution in [2.45, 2.75) is 12.5 Å². The molecule has 0 aromatic carbocycles. The van der Waals surface area contributed by atoms with Crippen molar-refractivity contribution in [1.82, 2.24) is 15.3 Å². The number of sulfone groups is 1. The quantitative estimate of drug-likeness (QED) is 0.871. The molecule has 7 nitrogen and oxygen atoms in total. The number of ether oxygens (including phenoxy) is 1. The molecule has 2 aromatic rings. The second-order valence-corrected chi connectivity index (χ2v) is 7.90. The molecular formula is C12H13N3O4S2. The molecule has 21 heavy (non-hydrogen) atoms. The van der Waals surface area contributed by atoms with Crippen LogP contribution < -0.4 is 10.1 Å². The number of amides is 1. The highest BCUT2D eigenvalue weighted by Crippen LogP contribution is 2.25. The number of hydrogen-bond acceptors (Lipinski definition) is 7. The summed E-state index contributed by atoms with van der Waals surface area (Å²) in [7, 11) is -3.00. The van der Waals surface area contributed by atoms with Crippen molar-refractivity contribution in [3.8, 4) is 5.88 Å². The highest BCUT2D eigenvalue weighted by atomic mass is 32.2. The van der Waals surface area contributed by atoms with E-state index < -0.39 is 9.84 Å². The first-order chi connectivity index (χ1) is 10.0. The number of nitrogens with one attached hydrogen (secondary N) is 1. The molecule has 1 amide bonds. The van der Waals surface area contributed by atoms with Gasteiger partial charge in [-0.1, -0.05) is 0 Å². The van der Waals surface area contributed by atoms with Gasteiger partial charge in [-0.15, -0.1) is 11.3 Å². The van der Waals surface area contributed by atoms with Gasteiger partial charge in [0.05, 0.1) is 16.9 Å². The molecule has 0 bridgehead atoms. The third-order valence-electron chi connectivity index (χ3n) is 3.16. The molecule has 0 saturated carbocycles. The van der Waals surface area contributed by atoms with Crippen LogP contribution in [0.5, 0.6) is 5.88 Å². The molecular weight excluding hydrogens is 314 g/mol. The summed E-state index contributed by atoms with van der Waals surface area (Å²) in [5.74, 6) is 0.135. The summed E-state index contributed by atoms with van der Waals surface area (Å²) in [6.07, 6.45) is 1.84. The molecule has 1 aliphatic rings. The average molecular weight is 327 g/mol. The standard InChI is InChI=1S/C12H13N3O4S2/c16-10(15-8-2-4-21(17,18)6-8)5-19-11-9-1-3-20-12(9)14-7-13-11/h1,3,7-8H,2,4-6H2,(H,15,16)/t8-/m0/s1. The third-order valence-corrected chi connectivity index (χ3v) is 5.75. The van der Waals surface area contributed by atoms with Gasteiger partial charge in [0.25, 0.3) is 5.91 Å². The topological polar surface area (TPSA) is 98.2 Å². The monoisotopic (exact) mass is 327 g/mol. The number of fused-ring (bicyclic) bond motifs is 1. The van der Waals surface area contributed by atoms with Crippen molar-refractivity contribution in [1.29, 1.82) is 0 Å². The highest BCUT2D eigenvalue weighted by molar-refractivity contribution is 7.91. The Morgan fingerprint density at radius 3 is 3.10 bits per heavy atom. The zero-order valence-electron chi connectivity index (χ0n) is 11.0. The van der Waals surface area contributed by atoms with Crippen molar-refractivity contribution in [3.05, 3.63) is 17.8 Å². The molecule has 1 aliphatic heterocycles. The lowest BCUT2D eigenvalue weighted by molar-refractivity contribution is -0.123. The predicted octanol–water partition coefficient (Wildman–Crippen LogP) is 0.373. The predicted molar refractivity (Wildman–Crippen MR) is 78.1 cm³/mol. The molecule has 3 rings (SSSR count). The van der Waals surface area contributed by atoms with E-state index in [1.165, 1.54) is 17.7 Å². The van der Waals surface area contributed by atoms with E-state index in [2.05, 4.69) is 15.3 Å². The molecule has 112 valence electrons. The Morgan fingerprint density at radius 1 is 1.48 bits per heavy atom. The van der Waals surface area contributed by atoms with Crippen LogP contribution in [0, 0.1) is 0 Å². The van der Waals surface area contributed by atoms with E-state index in [-0.39, 0.29) is 30.1 Å². The number of thiophene rings is 1. The second-order valence-electron chi connectivity index (χ2n) is 4.77. The number of carbonyl (C=O) groups is 1. The Balaban J connectivity index is 1.58. The number of aromatic nitrogens is 2. The van der Waals surface area contributed by atoms with Gasteiger partial charge in [-0.3, -0.25) is 4.79 Å². The molecule has 1 saturated heterocycles. The van der Waals surface area contributed by atoms with Crippen molar-refractivity contribution in [2.24, 2.45) is 0 Å². The van der Waals surface area contributed by atoms with Crippen LogP contribution in [0.4, 0.5) is 0 Å². The van der Waals surface area contributed by atoms with Gasteiger partial charge in [-0.05, 0) is 17.9 Å². The van der Waals surface area contributed by atoms with Gasteiger partial charge in [0.1, 0.15) is 11.2 Å². The van der Waals surface area contributed by atoms with Crippen LogP contribution in [-0.2, 0) is 14.6 Å².